The molecule has 1 aromatic rings. The van der Waals surface area contributed by atoms with Gasteiger partial charge in [-0.15, -0.1) is 0 Å². The maximum Gasteiger partial charge on any atom is 0.230 e. The summed E-state index contributed by atoms with van der Waals surface area (Å²) in [5.41, 5.74) is 1.12. The summed E-state index contributed by atoms with van der Waals surface area (Å²) in [7, 11) is 0. The van der Waals surface area contributed by atoms with Crippen LogP contribution in [0, 0.1) is 11.3 Å². The number of nitrogens with zero attached hydrogens (tertiary/aromatic N) is 2. The van der Waals surface area contributed by atoms with E-state index < -0.39 is 0 Å². The van der Waals surface area contributed by atoms with Crippen LogP contribution in [0.3, 0.4) is 0 Å². The summed E-state index contributed by atoms with van der Waals surface area (Å²) in [6.07, 6.45) is 0.340. The normalized spacial score (nSPS) is 13.4. The molecule has 0 aliphatic carbocycles. The van der Waals surface area contributed by atoms with Crippen LogP contribution in [0.1, 0.15) is 11.3 Å². The second-order valence-electron chi connectivity index (χ2n) is 2.66. The zero-order valence-electron chi connectivity index (χ0n) is 6.47. The largest absolute Gasteiger partial charge is 0.310 e. The summed E-state index contributed by atoms with van der Waals surface area (Å²) in [6.45, 7) is 0. The minimum absolute atomic E-state index is 0.0792. The SMILES string of the molecule is N#Cc1nc2c(cc1Br)CC(=O)N2. The predicted octanol–water partition coefficient (Wildman–Crippen LogP) is 1.21. The molecule has 0 atom stereocenters. The van der Waals surface area contributed by atoms with E-state index in [4.69, 9.17) is 5.26 Å². The number of carbonyl (C=O) groups excluding carboxylic acids is 1. The van der Waals surface area contributed by atoms with Crippen LogP contribution in [0.5, 0.6) is 0 Å². The molecule has 4 nitrogen and oxygen atoms in total. The maximum atomic E-state index is 11.0. The molecular weight excluding hydrogens is 234 g/mol. The molecule has 1 aliphatic rings. The van der Waals surface area contributed by atoms with Gasteiger partial charge >= 0.3 is 0 Å². The summed E-state index contributed by atoms with van der Waals surface area (Å²) >= 11 is 3.21. The lowest BCUT2D eigenvalue weighted by Gasteiger charge is -1.99. The summed E-state index contributed by atoms with van der Waals surface area (Å²) in [5, 5.41) is 11.2. The highest BCUT2D eigenvalue weighted by Gasteiger charge is 2.20. The van der Waals surface area contributed by atoms with E-state index in [1.165, 1.54) is 0 Å². The van der Waals surface area contributed by atoms with E-state index in [2.05, 4.69) is 26.2 Å². The van der Waals surface area contributed by atoms with E-state index >= 15 is 0 Å². The van der Waals surface area contributed by atoms with Crippen molar-refractivity contribution < 1.29 is 4.79 Å². The van der Waals surface area contributed by atoms with Gasteiger partial charge in [-0.1, -0.05) is 0 Å². The fourth-order valence-corrected chi connectivity index (χ4v) is 1.65. The molecule has 0 saturated carbocycles. The maximum absolute atomic E-state index is 11.0. The van der Waals surface area contributed by atoms with E-state index in [-0.39, 0.29) is 5.91 Å². The minimum atomic E-state index is -0.0792. The van der Waals surface area contributed by atoms with Crippen LogP contribution in [0.25, 0.3) is 0 Å². The van der Waals surface area contributed by atoms with Crippen molar-refractivity contribution in [3.8, 4) is 6.07 Å². The van der Waals surface area contributed by atoms with Crippen molar-refractivity contribution in [3.63, 3.8) is 0 Å². The van der Waals surface area contributed by atoms with Crippen LogP contribution in [0.15, 0.2) is 10.5 Å². The minimum Gasteiger partial charge on any atom is -0.310 e. The van der Waals surface area contributed by atoms with Gasteiger partial charge in [0.25, 0.3) is 0 Å². The molecule has 2 rings (SSSR count). The number of rotatable bonds is 0. The van der Waals surface area contributed by atoms with Crippen LogP contribution < -0.4 is 5.32 Å². The first-order chi connectivity index (χ1) is 6.20. The lowest BCUT2D eigenvalue weighted by molar-refractivity contribution is -0.115. The average Bonchev–Trinajstić information content (AvgIpc) is 2.42. The summed E-state index contributed by atoms with van der Waals surface area (Å²) < 4.78 is 0.630. The Kier molecular flexibility index (Phi) is 1.78. The zero-order chi connectivity index (χ0) is 9.42. The molecule has 5 heteroatoms. The van der Waals surface area contributed by atoms with Gasteiger partial charge in [0, 0.05) is 5.56 Å². The Balaban J connectivity index is 2.58. The molecule has 1 aromatic heterocycles. The number of pyridine rings is 1. The van der Waals surface area contributed by atoms with Gasteiger partial charge in [-0.25, -0.2) is 4.98 Å². The number of nitriles is 1. The van der Waals surface area contributed by atoms with E-state index in [9.17, 15) is 4.79 Å². The van der Waals surface area contributed by atoms with Crippen LogP contribution >= 0.6 is 15.9 Å². The van der Waals surface area contributed by atoms with Gasteiger partial charge in [0.1, 0.15) is 11.9 Å². The van der Waals surface area contributed by atoms with Crippen LogP contribution in [0.4, 0.5) is 5.82 Å². The predicted molar refractivity (Wildman–Crippen MR) is 49.0 cm³/mol. The topological polar surface area (TPSA) is 65.8 Å². The molecule has 0 unspecified atom stereocenters. The Morgan fingerprint density at radius 3 is 3.15 bits per heavy atom. The molecule has 2 heterocycles. The monoisotopic (exact) mass is 237 g/mol. The number of anilines is 1. The first-order valence-corrected chi connectivity index (χ1v) is 4.39. The van der Waals surface area contributed by atoms with Gasteiger partial charge in [-0.2, -0.15) is 5.26 Å². The summed E-state index contributed by atoms with van der Waals surface area (Å²) in [4.78, 5) is 14.9. The molecule has 0 aromatic carbocycles. The Bertz CT molecular complexity index is 436. The molecule has 13 heavy (non-hydrogen) atoms. The van der Waals surface area contributed by atoms with Gasteiger partial charge in [0.15, 0.2) is 5.69 Å². The molecule has 1 aliphatic heterocycles. The second-order valence-corrected chi connectivity index (χ2v) is 3.52. The third-order valence-electron chi connectivity index (χ3n) is 1.77. The quantitative estimate of drug-likeness (QED) is 0.738. The Morgan fingerprint density at radius 1 is 1.69 bits per heavy atom. The highest BCUT2D eigenvalue weighted by Crippen LogP contribution is 2.25. The highest BCUT2D eigenvalue weighted by atomic mass is 79.9. The Hall–Kier alpha value is -1.41. The fourth-order valence-electron chi connectivity index (χ4n) is 1.20. The van der Waals surface area contributed by atoms with Crippen molar-refractivity contribution in [3.05, 3.63) is 21.8 Å². The molecule has 0 fully saturated rings. The number of amides is 1. The molecule has 0 spiro atoms. The molecule has 0 saturated heterocycles. The second kappa shape index (κ2) is 2.82. The number of fused-ring (bicyclic) bond motifs is 1. The third kappa shape index (κ3) is 1.29. The number of carbonyl (C=O) groups is 1. The van der Waals surface area contributed by atoms with Crippen molar-refractivity contribution in [1.82, 2.24) is 4.98 Å². The fraction of sp³-hybridized carbons (Fsp3) is 0.125. The number of halogens is 1. The van der Waals surface area contributed by atoms with E-state index in [0.29, 0.717) is 22.4 Å². The van der Waals surface area contributed by atoms with Crippen LogP contribution in [-0.4, -0.2) is 10.9 Å². The van der Waals surface area contributed by atoms with Crippen molar-refractivity contribution in [1.29, 1.82) is 5.26 Å². The van der Waals surface area contributed by atoms with E-state index in [1.54, 1.807) is 6.07 Å². The molecule has 1 N–H and O–H groups in total. The van der Waals surface area contributed by atoms with Gasteiger partial charge < -0.3 is 5.32 Å². The van der Waals surface area contributed by atoms with Crippen LogP contribution in [0.2, 0.25) is 0 Å². The van der Waals surface area contributed by atoms with Gasteiger partial charge in [0.2, 0.25) is 5.91 Å². The van der Waals surface area contributed by atoms with E-state index in [0.717, 1.165) is 5.56 Å². The zero-order valence-corrected chi connectivity index (χ0v) is 8.05. The van der Waals surface area contributed by atoms with Gasteiger partial charge in [-0.3, -0.25) is 4.79 Å². The first kappa shape index (κ1) is 8.20. The Labute approximate surface area is 82.7 Å². The van der Waals surface area contributed by atoms with Crippen molar-refractivity contribution >= 4 is 27.7 Å². The lowest BCUT2D eigenvalue weighted by Crippen LogP contribution is -2.04. The smallest absolute Gasteiger partial charge is 0.230 e. The summed E-state index contributed by atoms with van der Waals surface area (Å²) in [5.74, 6) is 0.425. The van der Waals surface area contributed by atoms with Gasteiger partial charge in [-0.05, 0) is 22.0 Å². The molecule has 0 radical (unpaired) electrons. The highest BCUT2D eigenvalue weighted by molar-refractivity contribution is 9.10. The number of hydrogen-bond acceptors (Lipinski definition) is 3. The molecule has 64 valence electrons. The van der Waals surface area contributed by atoms with Crippen LogP contribution in [-0.2, 0) is 11.2 Å². The van der Waals surface area contributed by atoms with Crippen molar-refractivity contribution in [2.24, 2.45) is 0 Å². The van der Waals surface area contributed by atoms with Crippen molar-refractivity contribution in [2.75, 3.05) is 5.32 Å². The number of hydrogen-bond donors (Lipinski definition) is 1. The third-order valence-corrected chi connectivity index (χ3v) is 2.37. The summed E-state index contributed by atoms with van der Waals surface area (Å²) in [6, 6.07) is 3.68. The average molecular weight is 238 g/mol. The number of aromatic nitrogens is 1. The lowest BCUT2D eigenvalue weighted by atomic mass is 10.2. The molecular formula is C8H4BrN3O. The van der Waals surface area contributed by atoms with E-state index in [1.807, 2.05) is 6.07 Å². The first-order valence-electron chi connectivity index (χ1n) is 3.60. The standard InChI is InChI=1S/C8H4BrN3O/c9-5-1-4-2-7(13)12-8(4)11-6(5)3-10/h1H,2H2,(H,11,12,13). The Morgan fingerprint density at radius 2 is 2.46 bits per heavy atom. The molecule has 0 bridgehead atoms. The van der Waals surface area contributed by atoms with Crippen molar-refractivity contribution in [2.45, 2.75) is 6.42 Å². The number of nitrogens with one attached hydrogen (secondary N) is 1. The molecule has 1 amide bonds. The van der Waals surface area contributed by atoms with Gasteiger partial charge in [0.05, 0.1) is 10.9 Å².